The fourth-order valence-corrected chi connectivity index (χ4v) is 1.87. The second-order valence-electron chi connectivity index (χ2n) is 4.60. The third kappa shape index (κ3) is 3.71. The molecule has 0 aromatic carbocycles. The molecule has 7 heteroatoms. The zero-order valence-electron chi connectivity index (χ0n) is 10.6. The van der Waals surface area contributed by atoms with Crippen LogP contribution in [-0.4, -0.2) is 23.6 Å². The summed E-state index contributed by atoms with van der Waals surface area (Å²) in [6.07, 6.45) is -0.0352. The van der Waals surface area contributed by atoms with Gasteiger partial charge in [-0.1, -0.05) is 19.3 Å². The van der Waals surface area contributed by atoms with Crippen LogP contribution in [-0.2, 0) is 6.18 Å². The lowest BCUT2D eigenvalue weighted by atomic mass is 9.83. The van der Waals surface area contributed by atoms with Crippen LogP contribution in [0.1, 0.15) is 31.4 Å². The van der Waals surface area contributed by atoms with Gasteiger partial charge < -0.3 is 10.1 Å². The van der Waals surface area contributed by atoms with Crippen molar-refractivity contribution in [3.8, 4) is 5.88 Å². The molecule has 1 N–H and O–H groups in total. The molecule has 1 heterocycles. The third-order valence-electron chi connectivity index (χ3n) is 3.22. The lowest BCUT2D eigenvalue weighted by molar-refractivity contribution is -0.141. The minimum atomic E-state index is -4.50. The molecule has 0 bridgehead atoms. The van der Waals surface area contributed by atoms with Crippen molar-refractivity contribution in [2.45, 2.75) is 31.9 Å². The SMILES string of the molecule is CNc1nc(OCCC2CCC2)cc(C(F)(F)F)n1. The van der Waals surface area contributed by atoms with E-state index in [9.17, 15) is 13.2 Å². The molecule has 0 amide bonds. The molecule has 0 unspecified atom stereocenters. The van der Waals surface area contributed by atoms with Crippen molar-refractivity contribution in [3.63, 3.8) is 0 Å². The van der Waals surface area contributed by atoms with E-state index in [1.54, 1.807) is 0 Å². The van der Waals surface area contributed by atoms with Crippen LogP contribution in [0.3, 0.4) is 0 Å². The van der Waals surface area contributed by atoms with Crippen LogP contribution < -0.4 is 10.1 Å². The third-order valence-corrected chi connectivity index (χ3v) is 3.22. The second-order valence-corrected chi connectivity index (χ2v) is 4.60. The molecule has 0 radical (unpaired) electrons. The average Bonchev–Trinajstić information content (AvgIpc) is 2.31. The van der Waals surface area contributed by atoms with E-state index in [-0.39, 0.29) is 11.8 Å². The van der Waals surface area contributed by atoms with E-state index in [1.807, 2.05) is 0 Å². The summed E-state index contributed by atoms with van der Waals surface area (Å²) in [6, 6.07) is 0.835. The summed E-state index contributed by atoms with van der Waals surface area (Å²) in [4.78, 5) is 7.23. The molecule has 1 aliphatic carbocycles. The quantitative estimate of drug-likeness (QED) is 0.897. The zero-order valence-corrected chi connectivity index (χ0v) is 10.6. The predicted molar refractivity (Wildman–Crippen MR) is 64.0 cm³/mol. The van der Waals surface area contributed by atoms with Crippen LogP contribution in [0.25, 0.3) is 0 Å². The summed E-state index contributed by atoms with van der Waals surface area (Å²) < 4.78 is 43.2. The summed E-state index contributed by atoms with van der Waals surface area (Å²) in [5.74, 6) is 0.521. The normalized spacial score (nSPS) is 16.0. The van der Waals surface area contributed by atoms with Crippen LogP contribution in [0, 0.1) is 5.92 Å². The number of hydrogen-bond acceptors (Lipinski definition) is 4. The van der Waals surface area contributed by atoms with E-state index >= 15 is 0 Å². The van der Waals surface area contributed by atoms with Gasteiger partial charge in [0.05, 0.1) is 6.61 Å². The molecule has 4 nitrogen and oxygen atoms in total. The number of nitrogens with zero attached hydrogens (tertiary/aromatic N) is 2. The first kappa shape index (κ1) is 13.9. The first-order valence-electron chi connectivity index (χ1n) is 6.26. The van der Waals surface area contributed by atoms with Crippen molar-refractivity contribution in [1.82, 2.24) is 9.97 Å². The Bertz CT molecular complexity index is 433. The number of alkyl halides is 3. The molecule has 2 rings (SSSR count). The maximum Gasteiger partial charge on any atom is 0.433 e. The molecule has 0 spiro atoms. The van der Waals surface area contributed by atoms with Gasteiger partial charge in [-0.2, -0.15) is 18.2 Å². The van der Waals surface area contributed by atoms with Crippen molar-refractivity contribution >= 4 is 5.95 Å². The lowest BCUT2D eigenvalue weighted by Gasteiger charge is -2.24. The van der Waals surface area contributed by atoms with Gasteiger partial charge in [0.25, 0.3) is 0 Å². The second kappa shape index (κ2) is 5.63. The summed E-state index contributed by atoms with van der Waals surface area (Å²) >= 11 is 0. The largest absolute Gasteiger partial charge is 0.478 e. The predicted octanol–water partition coefficient (Wildman–Crippen LogP) is 3.11. The number of nitrogens with one attached hydrogen (secondary N) is 1. The van der Waals surface area contributed by atoms with Crippen LogP contribution in [0.4, 0.5) is 19.1 Å². The molecule has 1 aromatic heterocycles. The molecule has 19 heavy (non-hydrogen) atoms. The van der Waals surface area contributed by atoms with Gasteiger partial charge in [-0.25, -0.2) is 4.98 Å². The summed E-state index contributed by atoms with van der Waals surface area (Å²) in [5, 5.41) is 2.50. The van der Waals surface area contributed by atoms with Gasteiger partial charge in [-0.05, 0) is 12.3 Å². The van der Waals surface area contributed by atoms with Gasteiger partial charge >= 0.3 is 6.18 Å². The number of halogens is 3. The molecule has 0 aliphatic heterocycles. The molecule has 106 valence electrons. The van der Waals surface area contributed by atoms with Crippen LogP contribution in [0.2, 0.25) is 0 Å². The lowest BCUT2D eigenvalue weighted by Crippen LogP contribution is -2.16. The fraction of sp³-hybridized carbons (Fsp3) is 0.667. The Morgan fingerprint density at radius 2 is 2.11 bits per heavy atom. The highest BCUT2D eigenvalue weighted by molar-refractivity contribution is 5.31. The van der Waals surface area contributed by atoms with E-state index in [4.69, 9.17) is 4.74 Å². The highest BCUT2D eigenvalue weighted by atomic mass is 19.4. The summed E-state index contributed by atoms with van der Waals surface area (Å²) in [5.41, 5.74) is -0.995. The van der Waals surface area contributed by atoms with Crippen molar-refractivity contribution in [1.29, 1.82) is 0 Å². The summed E-state index contributed by atoms with van der Waals surface area (Å²) in [6.45, 7) is 0.391. The molecule has 0 saturated heterocycles. The number of rotatable bonds is 5. The monoisotopic (exact) mass is 275 g/mol. The van der Waals surface area contributed by atoms with Crippen LogP contribution in [0.5, 0.6) is 5.88 Å². The Balaban J connectivity index is 2.01. The van der Waals surface area contributed by atoms with E-state index in [0.717, 1.165) is 12.5 Å². The topological polar surface area (TPSA) is 47.0 Å². The van der Waals surface area contributed by atoms with Gasteiger partial charge in [-0.15, -0.1) is 0 Å². The Kier molecular flexibility index (Phi) is 4.11. The minimum Gasteiger partial charge on any atom is -0.478 e. The smallest absolute Gasteiger partial charge is 0.433 e. The maximum absolute atomic E-state index is 12.6. The molecule has 1 fully saturated rings. The van der Waals surface area contributed by atoms with Crippen LogP contribution >= 0.6 is 0 Å². The van der Waals surface area contributed by atoms with Crippen LogP contribution in [0.15, 0.2) is 6.07 Å². The average molecular weight is 275 g/mol. The van der Waals surface area contributed by atoms with E-state index < -0.39 is 11.9 Å². The van der Waals surface area contributed by atoms with Crippen molar-refractivity contribution < 1.29 is 17.9 Å². The number of anilines is 1. The van der Waals surface area contributed by atoms with Gasteiger partial charge in [-0.3, -0.25) is 0 Å². The Morgan fingerprint density at radius 1 is 1.37 bits per heavy atom. The number of ether oxygens (including phenoxy) is 1. The number of aromatic nitrogens is 2. The Morgan fingerprint density at radius 3 is 2.63 bits per heavy atom. The summed E-state index contributed by atoms with van der Waals surface area (Å²) in [7, 11) is 1.47. The molecule has 1 aromatic rings. The zero-order chi connectivity index (χ0) is 13.9. The Hall–Kier alpha value is -1.53. The highest BCUT2D eigenvalue weighted by Crippen LogP contribution is 2.31. The molecular formula is C12H16F3N3O. The molecule has 0 atom stereocenters. The highest BCUT2D eigenvalue weighted by Gasteiger charge is 2.34. The van der Waals surface area contributed by atoms with Crippen molar-refractivity contribution in [2.75, 3.05) is 19.0 Å². The minimum absolute atomic E-state index is 0.0361. The van der Waals surface area contributed by atoms with E-state index in [0.29, 0.717) is 12.5 Å². The first-order chi connectivity index (χ1) is 8.99. The van der Waals surface area contributed by atoms with Crippen molar-refractivity contribution in [2.24, 2.45) is 5.92 Å². The molecule has 1 aliphatic rings. The van der Waals surface area contributed by atoms with Gasteiger partial charge in [0.2, 0.25) is 11.8 Å². The Labute approximate surface area is 109 Å². The van der Waals surface area contributed by atoms with Crippen molar-refractivity contribution in [3.05, 3.63) is 11.8 Å². The van der Waals surface area contributed by atoms with Gasteiger partial charge in [0, 0.05) is 13.1 Å². The van der Waals surface area contributed by atoms with E-state index in [2.05, 4.69) is 15.3 Å². The van der Waals surface area contributed by atoms with E-state index in [1.165, 1.54) is 26.3 Å². The molecular weight excluding hydrogens is 259 g/mol. The first-order valence-corrected chi connectivity index (χ1v) is 6.26. The fourth-order valence-electron chi connectivity index (χ4n) is 1.87. The maximum atomic E-state index is 12.6. The number of hydrogen-bond donors (Lipinski definition) is 1. The van der Waals surface area contributed by atoms with Gasteiger partial charge in [0.1, 0.15) is 0 Å². The van der Waals surface area contributed by atoms with Gasteiger partial charge in [0.15, 0.2) is 5.69 Å². The molecule has 1 saturated carbocycles. The standard InChI is InChI=1S/C12H16F3N3O/c1-16-11-17-9(12(13,14)15)7-10(18-11)19-6-5-8-3-2-4-8/h7-8H,2-6H2,1H3,(H,16,17,18).